The van der Waals surface area contributed by atoms with Crippen LogP contribution in [0.2, 0.25) is 0 Å². The van der Waals surface area contributed by atoms with Crippen LogP contribution in [0.3, 0.4) is 0 Å². The number of carbonyl (C=O) groups is 1. The summed E-state index contributed by atoms with van der Waals surface area (Å²) in [5.74, 6) is -0.729. The molecule has 0 radical (unpaired) electrons. The third-order valence-electron chi connectivity index (χ3n) is 2.37. The number of hydrogen-bond donors (Lipinski definition) is 1. The number of hydrogen-bond acceptors (Lipinski definition) is 3. The first kappa shape index (κ1) is 13.3. The normalized spacial score (nSPS) is 10.8. The minimum Gasteiger partial charge on any atom is -0.488 e. The molecule has 2 aromatic rings. The van der Waals surface area contributed by atoms with E-state index in [1.165, 1.54) is 29.5 Å². The lowest BCUT2D eigenvalue weighted by molar-refractivity contribution is -0.131. The maximum absolute atomic E-state index is 12.7. The molecule has 1 heterocycles. The fraction of sp³-hybridized carbons (Fsp3) is 0.0714. The molecular weight excluding hydrogens is 267 g/mol. The second-order valence-corrected chi connectivity index (χ2v) is 4.71. The molecule has 3 nitrogen and oxygen atoms in total. The average Bonchev–Trinajstić information content (AvgIpc) is 2.83. The van der Waals surface area contributed by atoms with Gasteiger partial charge in [-0.3, -0.25) is 0 Å². The van der Waals surface area contributed by atoms with Crippen molar-refractivity contribution in [2.75, 3.05) is 0 Å². The highest BCUT2D eigenvalue weighted by atomic mass is 32.1. The Labute approximate surface area is 113 Å². The monoisotopic (exact) mass is 278 g/mol. The van der Waals surface area contributed by atoms with Gasteiger partial charge in [0.05, 0.1) is 0 Å². The van der Waals surface area contributed by atoms with E-state index in [0.29, 0.717) is 12.4 Å². The number of rotatable bonds is 5. The third kappa shape index (κ3) is 3.93. The fourth-order valence-electron chi connectivity index (χ4n) is 1.46. The highest BCUT2D eigenvalue weighted by Gasteiger charge is 2.03. The van der Waals surface area contributed by atoms with E-state index in [-0.39, 0.29) is 5.82 Å². The molecule has 19 heavy (non-hydrogen) atoms. The molecule has 0 aliphatic carbocycles. The van der Waals surface area contributed by atoms with Crippen LogP contribution in [0, 0.1) is 5.82 Å². The maximum atomic E-state index is 12.7. The number of aliphatic carboxylic acids is 1. The van der Waals surface area contributed by atoms with Gasteiger partial charge < -0.3 is 9.84 Å². The van der Waals surface area contributed by atoms with Crippen LogP contribution in [0.1, 0.15) is 10.4 Å². The number of benzene rings is 1. The second-order valence-electron chi connectivity index (χ2n) is 3.71. The lowest BCUT2D eigenvalue weighted by Crippen LogP contribution is -1.95. The van der Waals surface area contributed by atoms with Crippen molar-refractivity contribution in [2.45, 2.75) is 6.61 Å². The van der Waals surface area contributed by atoms with E-state index in [0.717, 1.165) is 16.5 Å². The first-order valence-electron chi connectivity index (χ1n) is 5.51. The molecule has 1 N–H and O–H groups in total. The minimum atomic E-state index is -0.989. The van der Waals surface area contributed by atoms with Crippen molar-refractivity contribution < 1.29 is 19.0 Å². The topological polar surface area (TPSA) is 46.5 Å². The highest BCUT2D eigenvalue weighted by molar-refractivity contribution is 7.10. The molecule has 0 saturated heterocycles. The SMILES string of the molecule is O=C(O)C=Cc1ccsc1COc1ccc(F)cc1. The molecule has 0 bridgehead atoms. The van der Waals surface area contributed by atoms with Crippen molar-refractivity contribution in [3.63, 3.8) is 0 Å². The van der Waals surface area contributed by atoms with Gasteiger partial charge in [-0.2, -0.15) is 0 Å². The predicted octanol–water partition coefficient (Wildman–Crippen LogP) is 3.56. The summed E-state index contributed by atoms with van der Waals surface area (Å²) >= 11 is 1.48. The Bertz CT molecular complexity index is 587. The zero-order valence-corrected chi connectivity index (χ0v) is 10.7. The molecule has 0 spiro atoms. The van der Waals surface area contributed by atoms with Gasteiger partial charge in [-0.1, -0.05) is 0 Å². The molecule has 5 heteroatoms. The standard InChI is InChI=1S/C14H11FO3S/c15-11-2-4-12(5-3-11)18-9-13-10(7-8-19-13)1-6-14(16)17/h1-8H,9H2,(H,16,17). The molecule has 0 aliphatic heterocycles. The molecule has 0 aliphatic rings. The van der Waals surface area contributed by atoms with E-state index in [4.69, 9.17) is 9.84 Å². The number of thiophene rings is 1. The lowest BCUT2D eigenvalue weighted by Gasteiger charge is -2.05. The zero-order valence-electron chi connectivity index (χ0n) is 9.88. The molecule has 1 aromatic heterocycles. The first-order valence-corrected chi connectivity index (χ1v) is 6.39. The smallest absolute Gasteiger partial charge is 0.328 e. The predicted molar refractivity (Wildman–Crippen MR) is 71.7 cm³/mol. The minimum absolute atomic E-state index is 0.312. The van der Waals surface area contributed by atoms with E-state index in [2.05, 4.69) is 0 Å². The summed E-state index contributed by atoms with van der Waals surface area (Å²) in [6.45, 7) is 0.322. The van der Waals surface area contributed by atoms with Crippen molar-refractivity contribution in [3.05, 3.63) is 58.0 Å². The summed E-state index contributed by atoms with van der Waals surface area (Å²) in [4.78, 5) is 11.4. The molecule has 0 unspecified atom stereocenters. The van der Waals surface area contributed by atoms with Gasteiger partial charge in [-0.05, 0) is 47.4 Å². The summed E-state index contributed by atoms with van der Waals surface area (Å²) in [6, 6.07) is 7.59. The van der Waals surface area contributed by atoms with Crippen LogP contribution in [0.25, 0.3) is 6.08 Å². The molecule has 0 fully saturated rings. The fourth-order valence-corrected chi connectivity index (χ4v) is 2.24. The van der Waals surface area contributed by atoms with Gasteiger partial charge in [0.1, 0.15) is 18.2 Å². The summed E-state index contributed by atoms with van der Waals surface area (Å²) in [5, 5.41) is 10.5. The van der Waals surface area contributed by atoms with Crippen LogP contribution >= 0.6 is 11.3 Å². The average molecular weight is 278 g/mol. The van der Waals surface area contributed by atoms with Crippen molar-refractivity contribution in [3.8, 4) is 5.75 Å². The van der Waals surface area contributed by atoms with Gasteiger partial charge >= 0.3 is 5.97 Å². The Morgan fingerprint density at radius 3 is 2.74 bits per heavy atom. The van der Waals surface area contributed by atoms with Gasteiger partial charge in [0.15, 0.2) is 0 Å². The number of ether oxygens (including phenoxy) is 1. The van der Waals surface area contributed by atoms with Crippen LogP contribution in [-0.4, -0.2) is 11.1 Å². The Hall–Kier alpha value is -2.14. The Kier molecular flexibility index (Phi) is 4.30. The molecule has 0 saturated carbocycles. The first-order chi connectivity index (χ1) is 9.15. The number of carboxylic acid groups (broad SMARTS) is 1. The van der Waals surface area contributed by atoms with E-state index in [1.807, 2.05) is 11.4 Å². The van der Waals surface area contributed by atoms with Crippen molar-refractivity contribution >= 4 is 23.4 Å². The number of halogens is 1. The molecule has 98 valence electrons. The maximum Gasteiger partial charge on any atom is 0.328 e. The Morgan fingerprint density at radius 2 is 2.05 bits per heavy atom. The zero-order chi connectivity index (χ0) is 13.7. The van der Waals surface area contributed by atoms with Gasteiger partial charge in [0.25, 0.3) is 0 Å². The quantitative estimate of drug-likeness (QED) is 0.850. The van der Waals surface area contributed by atoms with Crippen molar-refractivity contribution in [1.29, 1.82) is 0 Å². The van der Waals surface area contributed by atoms with E-state index >= 15 is 0 Å². The molecule has 2 rings (SSSR count). The number of carboxylic acids is 1. The lowest BCUT2D eigenvalue weighted by atomic mass is 10.2. The summed E-state index contributed by atoms with van der Waals surface area (Å²) in [5.41, 5.74) is 0.814. The summed E-state index contributed by atoms with van der Waals surface area (Å²) in [6.07, 6.45) is 2.62. The van der Waals surface area contributed by atoms with Crippen LogP contribution < -0.4 is 4.74 Å². The van der Waals surface area contributed by atoms with E-state index < -0.39 is 5.97 Å². The Balaban J connectivity index is 2.02. The summed E-state index contributed by atoms with van der Waals surface area (Å²) in [7, 11) is 0. The van der Waals surface area contributed by atoms with Gasteiger partial charge in [-0.15, -0.1) is 11.3 Å². The molecular formula is C14H11FO3S. The highest BCUT2D eigenvalue weighted by Crippen LogP contribution is 2.21. The van der Waals surface area contributed by atoms with Gasteiger partial charge in [-0.25, -0.2) is 9.18 Å². The van der Waals surface area contributed by atoms with Crippen LogP contribution in [0.4, 0.5) is 4.39 Å². The van der Waals surface area contributed by atoms with E-state index in [1.54, 1.807) is 12.1 Å². The van der Waals surface area contributed by atoms with Crippen molar-refractivity contribution in [1.82, 2.24) is 0 Å². The second kappa shape index (κ2) is 6.15. The van der Waals surface area contributed by atoms with Crippen LogP contribution in [0.15, 0.2) is 41.8 Å². The van der Waals surface area contributed by atoms with Crippen LogP contribution in [0.5, 0.6) is 5.75 Å². The Morgan fingerprint density at radius 1 is 1.32 bits per heavy atom. The largest absolute Gasteiger partial charge is 0.488 e. The van der Waals surface area contributed by atoms with Gasteiger partial charge in [0, 0.05) is 11.0 Å². The van der Waals surface area contributed by atoms with Crippen LogP contribution in [-0.2, 0) is 11.4 Å². The summed E-state index contributed by atoms with van der Waals surface area (Å²) < 4.78 is 18.2. The van der Waals surface area contributed by atoms with Crippen molar-refractivity contribution in [2.24, 2.45) is 0 Å². The van der Waals surface area contributed by atoms with E-state index in [9.17, 15) is 9.18 Å². The molecule has 0 atom stereocenters. The molecule has 1 aromatic carbocycles. The third-order valence-corrected chi connectivity index (χ3v) is 3.28. The van der Waals surface area contributed by atoms with Gasteiger partial charge in [0.2, 0.25) is 0 Å². The molecule has 0 amide bonds.